The number of allylic oxidation sites excluding steroid dienone is 2. The van der Waals surface area contributed by atoms with Crippen LogP contribution >= 0.6 is 0 Å². The first kappa shape index (κ1) is 11.5. The second-order valence-electron chi connectivity index (χ2n) is 3.18. The molecule has 0 amide bonds. The molecule has 4 heteroatoms. The van der Waals surface area contributed by atoms with Gasteiger partial charge in [0.2, 0.25) is 0 Å². The fourth-order valence-corrected chi connectivity index (χ4v) is 1.30. The number of ketones is 1. The van der Waals surface area contributed by atoms with Crippen LogP contribution in [-0.2, 0) is 4.79 Å². The Labute approximate surface area is 85.2 Å². The first-order valence-corrected chi connectivity index (χ1v) is 4.25. The highest BCUT2D eigenvalue weighted by Crippen LogP contribution is 2.22. The van der Waals surface area contributed by atoms with Gasteiger partial charge in [-0.2, -0.15) is 0 Å². The lowest BCUT2D eigenvalue weighted by atomic mass is 10.0. The smallest absolute Gasteiger partial charge is 0.152 e. The molecule has 0 radical (unpaired) electrons. The van der Waals surface area contributed by atoms with Gasteiger partial charge in [-0.3, -0.25) is 4.79 Å². The zero-order valence-electron chi connectivity index (χ0n) is 8.27. The molecule has 15 heavy (non-hydrogen) atoms. The molecule has 1 aromatic carbocycles. The quantitative estimate of drug-likeness (QED) is 0.691. The fraction of sp³-hybridized carbons (Fsp3) is 0.182. The molecule has 0 heterocycles. The van der Waals surface area contributed by atoms with Gasteiger partial charge in [0.05, 0.1) is 0 Å². The van der Waals surface area contributed by atoms with E-state index in [4.69, 9.17) is 0 Å². The van der Waals surface area contributed by atoms with Crippen LogP contribution in [0.1, 0.15) is 19.4 Å². The lowest BCUT2D eigenvalue weighted by molar-refractivity contribution is -0.112. The number of rotatable bonds is 2. The molecule has 0 saturated heterocycles. The van der Waals surface area contributed by atoms with Crippen molar-refractivity contribution < 1.29 is 18.0 Å². The Morgan fingerprint density at radius 1 is 1.13 bits per heavy atom. The van der Waals surface area contributed by atoms with Crippen LogP contribution in [0, 0.1) is 17.5 Å². The van der Waals surface area contributed by atoms with Crippen LogP contribution in [-0.4, -0.2) is 5.78 Å². The van der Waals surface area contributed by atoms with Crippen molar-refractivity contribution in [3.05, 3.63) is 41.2 Å². The van der Waals surface area contributed by atoms with Gasteiger partial charge in [-0.15, -0.1) is 0 Å². The summed E-state index contributed by atoms with van der Waals surface area (Å²) in [4.78, 5) is 10.7. The van der Waals surface area contributed by atoms with E-state index in [9.17, 15) is 18.0 Å². The second kappa shape index (κ2) is 4.29. The van der Waals surface area contributed by atoms with Gasteiger partial charge in [0.1, 0.15) is 17.5 Å². The molecule has 0 aromatic heterocycles. The van der Waals surface area contributed by atoms with E-state index in [1.807, 2.05) is 0 Å². The number of halogens is 3. The van der Waals surface area contributed by atoms with Gasteiger partial charge in [-0.05, 0) is 25.5 Å². The summed E-state index contributed by atoms with van der Waals surface area (Å²) in [5.41, 5.74) is -0.232. The lowest BCUT2D eigenvalue weighted by Gasteiger charge is -2.04. The van der Waals surface area contributed by atoms with E-state index in [0.717, 1.165) is 6.08 Å². The second-order valence-corrected chi connectivity index (χ2v) is 3.18. The summed E-state index contributed by atoms with van der Waals surface area (Å²) in [5, 5.41) is 0. The van der Waals surface area contributed by atoms with Crippen molar-refractivity contribution >= 4 is 11.4 Å². The maximum atomic E-state index is 13.2. The van der Waals surface area contributed by atoms with Crippen LogP contribution in [0.3, 0.4) is 0 Å². The first-order chi connectivity index (χ1) is 6.91. The minimum atomic E-state index is -1.01. The van der Waals surface area contributed by atoms with Crippen LogP contribution in [0.2, 0.25) is 0 Å². The Balaban J connectivity index is 3.32. The molecular weight excluding hydrogens is 205 g/mol. The van der Waals surface area contributed by atoms with E-state index in [0.29, 0.717) is 12.1 Å². The van der Waals surface area contributed by atoms with Gasteiger partial charge in [0.15, 0.2) is 5.78 Å². The van der Waals surface area contributed by atoms with E-state index in [1.54, 1.807) is 0 Å². The van der Waals surface area contributed by atoms with E-state index in [1.165, 1.54) is 13.8 Å². The standard InChI is InChI=1S/C11H9F3O/c1-6(3-7(2)15)11-9(13)4-8(12)5-10(11)14/h3-5H,1-2H3/b6-3+. The summed E-state index contributed by atoms with van der Waals surface area (Å²) in [6.45, 7) is 2.66. The Bertz CT molecular complexity index is 412. The van der Waals surface area contributed by atoms with E-state index in [2.05, 4.69) is 0 Å². The molecule has 0 saturated carbocycles. The van der Waals surface area contributed by atoms with Crippen molar-refractivity contribution in [1.29, 1.82) is 0 Å². The van der Waals surface area contributed by atoms with Gasteiger partial charge in [-0.1, -0.05) is 0 Å². The molecule has 1 aromatic rings. The summed E-state index contributed by atoms with van der Waals surface area (Å²) in [5.74, 6) is -3.33. The molecule has 0 fully saturated rings. The Kier molecular flexibility index (Phi) is 3.29. The van der Waals surface area contributed by atoms with Crippen molar-refractivity contribution in [3.63, 3.8) is 0 Å². The molecule has 1 nitrogen and oxygen atoms in total. The molecule has 0 bridgehead atoms. The minimum Gasteiger partial charge on any atom is -0.295 e. The average molecular weight is 214 g/mol. The summed E-state index contributed by atoms with van der Waals surface area (Å²) >= 11 is 0. The third kappa shape index (κ3) is 2.68. The summed E-state index contributed by atoms with van der Waals surface area (Å²) in [7, 11) is 0. The normalized spacial score (nSPS) is 11.7. The molecule has 0 spiro atoms. The Morgan fingerprint density at radius 2 is 1.60 bits per heavy atom. The Hall–Kier alpha value is -1.58. The molecule has 0 aliphatic rings. The first-order valence-electron chi connectivity index (χ1n) is 4.25. The highest BCUT2D eigenvalue weighted by atomic mass is 19.1. The molecule has 0 aliphatic carbocycles. The molecule has 0 aliphatic heterocycles. The number of hydrogen-bond donors (Lipinski definition) is 0. The summed E-state index contributed by atoms with van der Waals surface area (Å²) in [6.07, 6.45) is 1.10. The van der Waals surface area contributed by atoms with Crippen molar-refractivity contribution in [2.45, 2.75) is 13.8 Å². The minimum absolute atomic E-state index is 0.137. The lowest BCUT2D eigenvalue weighted by Crippen LogP contribution is -1.96. The number of hydrogen-bond acceptors (Lipinski definition) is 1. The number of carbonyl (C=O) groups is 1. The van der Waals surface area contributed by atoms with Crippen LogP contribution in [0.4, 0.5) is 13.2 Å². The summed E-state index contributed by atoms with van der Waals surface area (Å²) in [6, 6.07) is 1.16. The maximum Gasteiger partial charge on any atom is 0.152 e. The number of carbonyl (C=O) groups excluding carboxylic acids is 1. The zero-order valence-corrected chi connectivity index (χ0v) is 8.27. The highest BCUT2D eigenvalue weighted by Gasteiger charge is 2.13. The molecular formula is C11H9F3O. The Morgan fingerprint density at radius 3 is 2.00 bits per heavy atom. The van der Waals surface area contributed by atoms with Crippen molar-refractivity contribution in [2.24, 2.45) is 0 Å². The average Bonchev–Trinajstić information content (AvgIpc) is 1.99. The monoisotopic (exact) mass is 214 g/mol. The predicted molar refractivity (Wildman–Crippen MR) is 50.6 cm³/mol. The van der Waals surface area contributed by atoms with Crippen LogP contribution in [0.15, 0.2) is 18.2 Å². The molecule has 80 valence electrons. The van der Waals surface area contributed by atoms with Gasteiger partial charge in [0.25, 0.3) is 0 Å². The molecule has 1 rings (SSSR count). The SMILES string of the molecule is CC(=O)/C=C(\C)c1c(F)cc(F)cc1F. The van der Waals surface area contributed by atoms with Gasteiger partial charge >= 0.3 is 0 Å². The molecule has 0 unspecified atom stereocenters. The van der Waals surface area contributed by atoms with Crippen molar-refractivity contribution in [2.75, 3.05) is 0 Å². The third-order valence-corrected chi connectivity index (χ3v) is 1.82. The molecule has 0 atom stereocenters. The van der Waals surface area contributed by atoms with Gasteiger partial charge in [-0.25, -0.2) is 13.2 Å². The summed E-state index contributed by atoms with van der Waals surface area (Å²) < 4.78 is 38.9. The van der Waals surface area contributed by atoms with Crippen molar-refractivity contribution in [3.8, 4) is 0 Å². The van der Waals surface area contributed by atoms with Crippen molar-refractivity contribution in [1.82, 2.24) is 0 Å². The predicted octanol–water partition coefficient (Wildman–Crippen LogP) is 3.10. The topological polar surface area (TPSA) is 17.1 Å². The van der Waals surface area contributed by atoms with E-state index in [-0.39, 0.29) is 16.9 Å². The maximum absolute atomic E-state index is 13.2. The van der Waals surface area contributed by atoms with E-state index < -0.39 is 17.5 Å². The third-order valence-electron chi connectivity index (χ3n) is 1.82. The van der Waals surface area contributed by atoms with Gasteiger partial charge in [0, 0.05) is 17.7 Å². The van der Waals surface area contributed by atoms with Crippen LogP contribution in [0.5, 0.6) is 0 Å². The number of benzene rings is 1. The van der Waals surface area contributed by atoms with Crippen LogP contribution < -0.4 is 0 Å². The van der Waals surface area contributed by atoms with Gasteiger partial charge < -0.3 is 0 Å². The van der Waals surface area contributed by atoms with Crippen LogP contribution in [0.25, 0.3) is 5.57 Å². The van der Waals surface area contributed by atoms with E-state index >= 15 is 0 Å². The largest absolute Gasteiger partial charge is 0.295 e. The highest BCUT2D eigenvalue weighted by molar-refractivity contribution is 5.94. The molecule has 0 N–H and O–H groups in total. The fourth-order valence-electron chi connectivity index (χ4n) is 1.30. The zero-order chi connectivity index (χ0) is 11.6.